The molecule has 7 heteroatoms. The number of nitrogens with one attached hydrogen (secondary N) is 1. The SMILES string of the molecule is COc1ccc(NC(=O)CN(C)C(=O)CCc2nc3ccccc3o2)cc1. The van der Waals surface area contributed by atoms with Crippen LogP contribution in [0.5, 0.6) is 5.75 Å². The van der Waals surface area contributed by atoms with Crippen LogP contribution >= 0.6 is 0 Å². The molecule has 0 atom stereocenters. The van der Waals surface area contributed by atoms with Crippen LogP contribution in [0.3, 0.4) is 0 Å². The second-order valence-corrected chi connectivity index (χ2v) is 6.10. The highest BCUT2D eigenvalue weighted by Crippen LogP contribution is 2.16. The zero-order chi connectivity index (χ0) is 19.2. The van der Waals surface area contributed by atoms with E-state index in [-0.39, 0.29) is 24.8 Å². The number of aryl methyl sites for hydroxylation is 1. The maximum atomic E-state index is 12.3. The number of hydrogen-bond acceptors (Lipinski definition) is 5. The first-order valence-electron chi connectivity index (χ1n) is 8.57. The molecule has 2 amide bonds. The molecule has 140 valence electrons. The van der Waals surface area contributed by atoms with Gasteiger partial charge in [0, 0.05) is 25.6 Å². The van der Waals surface area contributed by atoms with Crippen LogP contribution in [0, 0.1) is 0 Å². The molecular formula is C20H21N3O4. The van der Waals surface area contributed by atoms with Crippen molar-refractivity contribution in [2.24, 2.45) is 0 Å². The first-order chi connectivity index (χ1) is 13.0. The number of likely N-dealkylation sites (N-methyl/N-ethyl adjacent to an activating group) is 1. The highest BCUT2D eigenvalue weighted by Gasteiger charge is 2.15. The Morgan fingerprint density at radius 1 is 1.15 bits per heavy atom. The Morgan fingerprint density at radius 3 is 2.59 bits per heavy atom. The Balaban J connectivity index is 1.48. The molecule has 0 bridgehead atoms. The number of hydrogen-bond donors (Lipinski definition) is 1. The molecule has 1 N–H and O–H groups in total. The average molecular weight is 367 g/mol. The minimum Gasteiger partial charge on any atom is -0.497 e. The maximum Gasteiger partial charge on any atom is 0.243 e. The number of benzene rings is 2. The molecule has 0 spiro atoms. The third kappa shape index (κ3) is 4.84. The molecule has 7 nitrogen and oxygen atoms in total. The van der Waals surface area contributed by atoms with Crippen LogP contribution < -0.4 is 10.1 Å². The molecule has 0 aliphatic rings. The van der Waals surface area contributed by atoms with Crippen LogP contribution in [0.4, 0.5) is 5.69 Å². The molecule has 0 saturated carbocycles. The second kappa shape index (κ2) is 8.35. The number of methoxy groups -OCH3 is 1. The molecule has 0 aliphatic heterocycles. The predicted octanol–water partition coefficient (Wildman–Crippen LogP) is 2.87. The monoisotopic (exact) mass is 367 g/mol. The van der Waals surface area contributed by atoms with Gasteiger partial charge in [-0.1, -0.05) is 12.1 Å². The fraction of sp³-hybridized carbons (Fsp3) is 0.250. The summed E-state index contributed by atoms with van der Waals surface area (Å²) in [6.07, 6.45) is 0.608. The summed E-state index contributed by atoms with van der Waals surface area (Å²) in [5.41, 5.74) is 2.12. The normalized spacial score (nSPS) is 10.6. The molecule has 2 aromatic carbocycles. The first kappa shape index (κ1) is 18.4. The van der Waals surface area contributed by atoms with Gasteiger partial charge in [-0.05, 0) is 36.4 Å². The van der Waals surface area contributed by atoms with Crippen molar-refractivity contribution < 1.29 is 18.7 Å². The van der Waals surface area contributed by atoms with Gasteiger partial charge in [0.1, 0.15) is 11.3 Å². The quantitative estimate of drug-likeness (QED) is 0.694. The zero-order valence-electron chi connectivity index (χ0n) is 15.3. The molecule has 27 heavy (non-hydrogen) atoms. The van der Waals surface area contributed by atoms with Gasteiger partial charge < -0.3 is 19.4 Å². The summed E-state index contributed by atoms with van der Waals surface area (Å²) in [6, 6.07) is 14.4. The second-order valence-electron chi connectivity index (χ2n) is 6.10. The Bertz CT molecular complexity index is 901. The maximum absolute atomic E-state index is 12.3. The lowest BCUT2D eigenvalue weighted by Gasteiger charge is -2.16. The minimum absolute atomic E-state index is 0.0293. The van der Waals surface area contributed by atoms with Gasteiger partial charge in [-0.15, -0.1) is 0 Å². The molecule has 0 fully saturated rings. The number of fused-ring (bicyclic) bond motifs is 1. The number of para-hydroxylation sites is 2. The van der Waals surface area contributed by atoms with E-state index in [0.717, 1.165) is 5.52 Å². The van der Waals surface area contributed by atoms with Crippen molar-refractivity contribution in [1.82, 2.24) is 9.88 Å². The van der Waals surface area contributed by atoms with Gasteiger partial charge in [-0.25, -0.2) is 4.98 Å². The lowest BCUT2D eigenvalue weighted by Crippen LogP contribution is -2.35. The molecule has 0 aliphatic carbocycles. The molecule has 1 aromatic heterocycles. The lowest BCUT2D eigenvalue weighted by atomic mass is 10.2. The molecular weight excluding hydrogens is 346 g/mol. The van der Waals surface area contributed by atoms with E-state index in [1.807, 2.05) is 24.3 Å². The lowest BCUT2D eigenvalue weighted by molar-refractivity contribution is -0.133. The van der Waals surface area contributed by atoms with Crippen molar-refractivity contribution in [1.29, 1.82) is 0 Å². The van der Waals surface area contributed by atoms with Crippen molar-refractivity contribution in [2.45, 2.75) is 12.8 Å². The van der Waals surface area contributed by atoms with Crippen LogP contribution in [-0.4, -0.2) is 42.4 Å². The van der Waals surface area contributed by atoms with Crippen molar-refractivity contribution in [2.75, 3.05) is 26.0 Å². The van der Waals surface area contributed by atoms with E-state index < -0.39 is 0 Å². The van der Waals surface area contributed by atoms with Crippen LogP contribution in [-0.2, 0) is 16.0 Å². The van der Waals surface area contributed by atoms with Crippen molar-refractivity contribution in [3.63, 3.8) is 0 Å². The fourth-order valence-corrected chi connectivity index (χ4v) is 2.61. The summed E-state index contributed by atoms with van der Waals surface area (Å²) in [5.74, 6) is 0.806. The summed E-state index contributed by atoms with van der Waals surface area (Å²) in [6.45, 7) is -0.0293. The number of amides is 2. The standard InChI is InChI=1S/C20H21N3O4/c1-23(13-18(24)21-14-7-9-15(26-2)10-8-14)20(25)12-11-19-22-16-5-3-4-6-17(16)27-19/h3-10H,11-13H2,1-2H3,(H,21,24). The van der Waals surface area contributed by atoms with Crippen molar-refractivity contribution >= 4 is 28.6 Å². The Morgan fingerprint density at radius 2 is 1.89 bits per heavy atom. The summed E-state index contributed by atoms with van der Waals surface area (Å²) in [4.78, 5) is 30.1. The zero-order valence-corrected chi connectivity index (χ0v) is 15.3. The minimum atomic E-state index is -0.266. The molecule has 3 aromatic rings. The van der Waals surface area contributed by atoms with E-state index in [9.17, 15) is 9.59 Å². The topological polar surface area (TPSA) is 84.7 Å². The van der Waals surface area contributed by atoms with Crippen LogP contribution in [0.1, 0.15) is 12.3 Å². The molecule has 1 heterocycles. The Kier molecular flexibility index (Phi) is 5.71. The number of carbonyl (C=O) groups excluding carboxylic acids is 2. The van der Waals surface area contributed by atoms with Crippen LogP contribution in [0.15, 0.2) is 52.9 Å². The van der Waals surface area contributed by atoms with Crippen LogP contribution in [0.2, 0.25) is 0 Å². The molecule has 0 unspecified atom stereocenters. The van der Waals surface area contributed by atoms with E-state index in [0.29, 0.717) is 29.3 Å². The summed E-state index contributed by atoms with van der Waals surface area (Å²) in [5, 5.41) is 2.75. The van der Waals surface area contributed by atoms with Gasteiger partial charge in [0.25, 0.3) is 0 Å². The summed E-state index contributed by atoms with van der Waals surface area (Å²) >= 11 is 0. The number of oxazole rings is 1. The van der Waals surface area contributed by atoms with Gasteiger partial charge in [0.2, 0.25) is 11.8 Å². The summed E-state index contributed by atoms with van der Waals surface area (Å²) in [7, 11) is 3.18. The molecule has 3 rings (SSSR count). The predicted molar refractivity (Wildman–Crippen MR) is 102 cm³/mol. The first-order valence-corrected chi connectivity index (χ1v) is 8.57. The Labute approximate surface area is 156 Å². The number of ether oxygens (including phenoxy) is 1. The Hall–Kier alpha value is -3.35. The van der Waals surface area contributed by atoms with E-state index in [1.54, 1.807) is 38.4 Å². The van der Waals surface area contributed by atoms with E-state index in [1.165, 1.54) is 4.90 Å². The molecule has 0 radical (unpaired) electrons. The highest BCUT2D eigenvalue weighted by atomic mass is 16.5. The van der Waals surface area contributed by atoms with Crippen molar-refractivity contribution in [3.05, 3.63) is 54.4 Å². The average Bonchev–Trinajstić information content (AvgIpc) is 3.09. The van der Waals surface area contributed by atoms with Gasteiger partial charge >= 0.3 is 0 Å². The van der Waals surface area contributed by atoms with Gasteiger partial charge in [-0.3, -0.25) is 9.59 Å². The van der Waals surface area contributed by atoms with Gasteiger partial charge in [0.15, 0.2) is 11.5 Å². The third-order valence-corrected chi connectivity index (χ3v) is 4.07. The molecule has 0 saturated heterocycles. The van der Waals surface area contributed by atoms with Crippen molar-refractivity contribution in [3.8, 4) is 5.75 Å². The number of carbonyl (C=O) groups is 2. The number of rotatable bonds is 7. The highest BCUT2D eigenvalue weighted by molar-refractivity contribution is 5.94. The smallest absolute Gasteiger partial charge is 0.243 e. The van der Waals surface area contributed by atoms with Crippen LogP contribution in [0.25, 0.3) is 11.1 Å². The fourth-order valence-electron chi connectivity index (χ4n) is 2.61. The number of aromatic nitrogens is 1. The van der Waals surface area contributed by atoms with Gasteiger partial charge in [0.05, 0.1) is 13.7 Å². The van der Waals surface area contributed by atoms with Gasteiger partial charge in [-0.2, -0.15) is 0 Å². The number of anilines is 1. The summed E-state index contributed by atoms with van der Waals surface area (Å²) < 4.78 is 10.7. The third-order valence-electron chi connectivity index (χ3n) is 4.07. The largest absolute Gasteiger partial charge is 0.497 e. The van der Waals surface area contributed by atoms with E-state index in [2.05, 4.69) is 10.3 Å². The number of nitrogens with zero attached hydrogens (tertiary/aromatic N) is 2. The van der Waals surface area contributed by atoms with E-state index >= 15 is 0 Å². The van der Waals surface area contributed by atoms with E-state index in [4.69, 9.17) is 9.15 Å².